The summed E-state index contributed by atoms with van der Waals surface area (Å²) >= 11 is 0. The molecule has 4 N–H and O–H groups in total. The van der Waals surface area contributed by atoms with Gasteiger partial charge >= 0.3 is 5.97 Å². The first-order chi connectivity index (χ1) is 15.5. The summed E-state index contributed by atoms with van der Waals surface area (Å²) in [7, 11) is 0. The van der Waals surface area contributed by atoms with Crippen LogP contribution in [0, 0.1) is 46.3 Å². The van der Waals surface area contributed by atoms with Gasteiger partial charge in [-0.25, -0.2) is 0 Å². The summed E-state index contributed by atoms with van der Waals surface area (Å²) in [6.07, 6.45) is 9.02. The Hall–Kier alpha value is -1.14. The Labute approximate surface area is 198 Å². The van der Waals surface area contributed by atoms with Crippen molar-refractivity contribution in [3.05, 3.63) is 0 Å². The van der Waals surface area contributed by atoms with Gasteiger partial charge < -0.3 is 20.6 Å². The van der Waals surface area contributed by atoms with Crippen molar-refractivity contribution >= 4 is 11.9 Å². The summed E-state index contributed by atoms with van der Waals surface area (Å²) < 4.78 is 0. The number of carboxylic acid groups (broad SMARTS) is 1. The standard InChI is InChI=1S/C27H45NO5/c1-15(5-8-23(31)28-16(2)25(32)33)19-6-7-20-24-21(10-12-27(19,20)4)26(3)11-9-18(29)13-17(26)14-22(24)30/h15-22,24,29-30H,5-14H2,1-4H3,(H,28,31)(H,32,33)/t15-,16+,17+,18-,19-,20+,21+,22+,24+,26+,27-/m1/s1. The van der Waals surface area contributed by atoms with Gasteiger partial charge in [-0.05, 0) is 111 Å². The molecule has 0 bridgehead atoms. The fourth-order valence-electron chi connectivity index (χ4n) is 9.11. The molecule has 4 aliphatic carbocycles. The second-order valence-corrected chi connectivity index (χ2v) is 12.6. The summed E-state index contributed by atoms with van der Waals surface area (Å²) in [4.78, 5) is 23.2. The lowest BCUT2D eigenvalue weighted by Crippen LogP contribution is -2.58. The van der Waals surface area contributed by atoms with E-state index in [-0.39, 0.29) is 28.9 Å². The van der Waals surface area contributed by atoms with Crippen LogP contribution in [-0.4, -0.2) is 45.4 Å². The Morgan fingerprint density at radius 3 is 2.33 bits per heavy atom. The number of aliphatic hydroxyl groups is 2. The number of carbonyl (C=O) groups is 2. The largest absolute Gasteiger partial charge is 0.480 e. The van der Waals surface area contributed by atoms with Gasteiger partial charge in [0.1, 0.15) is 6.04 Å². The van der Waals surface area contributed by atoms with Crippen molar-refractivity contribution < 1.29 is 24.9 Å². The van der Waals surface area contributed by atoms with Gasteiger partial charge in [0.2, 0.25) is 5.91 Å². The first-order valence-electron chi connectivity index (χ1n) is 13.4. The van der Waals surface area contributed by atoms with Crippen molar-refractivity contribution in [2.24, 2.45) is 46.3 Å². The lowest BCUT2D eigenvalue weighted by atomic mass is 9.43. The summed E-state index contributed by atoms with van der Waals surface area (Å²) in [5.41, 5.74) is 0.441. The average Bonchev–Trinajstić information content (AvgIpc) is 3.10. The van der Waals surface area contributed by atoms with E-state index in [0.29, 0.717) is 41.9 Å². The molecule has 6 nitrogen and oxygen atoms in total. The maximum Gasteiger partial charge on any atom is 0.325 e. The molecule has 4 saturated carbocycles. The third kappa shape index (κ3) is 4.35. The molecule has 0 saturated heterocycles. The van der Waals surface area contributed by atoms with E-state index in [1.807, 2.05) is 0 Å². The molecule has 0 spiro atoms. The van der Waals surface area contributed by atoms with E-state index in [9.17, 15) is 19.8 Å². The predicted octanol–water partition coefficient (Wildman–Crippen LogP) is 3.98. The molecule has 0 aromatic carbocycles. The number of fused-ring (bicyclic) bond motifs is 5. The molecule has 6 heteroatoms. The highest BCUT2D eigenvalue weighted by atomic mass is 16.4. The number of nitrogens with one attached hydrogen (secondary N) is 1. The number of aliphatic carboxylic acids is 1. The van der Waals surface area contributed by atoms with Crippen molar-refractivity contribution in [1.82, 2.24) is 5.32 Å². The van der Waals surface area contributed by atoms with Gasteiger partial charge in [0.05, 0.1) is 12.2 Å². The highest BCUT2D eigenvalue weighted by molar-refractivity contribution is 5.83. The van der Waals surface area contributed by atoms with E-state index in [1.54, 1.807) is 0 Å². The van der Waals surface area contributed by atoms with Crippen molar-refractivity contribution in [3.8, 4) is 0 Å². The van der Waals surface area contributed by atoms with Crippen LogP contribution in [0.3, 0.4) is 0 Å². The number of aliphatic hydroxyl groups excluding tert-OH is 2. The first kappa shape index (κ1) is 25.0. The van der Waals surface area contributed by atoms with Crippen LogP contribution in [0.15, 0.2) is 0 Å². The van der Waals surface area contributed by atoms with Gasteiger partial charge in [-0.15, -0.1) is 0 Å². The van der Waals surface area contributed by atoms with Crippen LogP contribution in [0.5, 0.6) is 0 Å². The lowest BCUT2D eigenvalue weighted by molar-refractivity contribution is -0.174. The predicted molar refractivity (Wildman–Crippen MR) is 126 cm³/mol. The molecular formula is C27H45NO5. The molecule has 4 aliphatic rings. The summed E-state index contributed by atoms with van der Waals surface area (Å²) in [6.45, 7) is 8.65. The Morgan fingerprint density at radius 2 is 1.64 bits per heavy atom. The molecule has 188 valence electrons. The molecule has 0 aliphatic heterocycles. The maximum atomic E-state index is 12.2. The van der Waals surface area contributed by atoms with E-state index < -0.39 is 12.0 Å². The number of carboxylic acids is 1. The number of rotatable bonds is 6. The van der Waals surface area contributed by atoms with Crippen LogP contribution in [0.2, 0.25) is 0 Å². The quantitative estimate of drug-likeness (QED) is 0.477. The molecule has 0 heterocycles. The van der Waals surface area contributed by atoms with Crippen LogP contribution in [0.25, 0.3) is 0 Å². The van der Waals surface area contributed by atoms with Crippen LogP contribution < -0.4 is 5.32 Å². The minimum absolute atomic E-state index is 0.179. The Bertz CT molecular complexity index is 757. The van der Waals surface area contributed by atoms with Crippen molar-refractivity contribution in [1.29, 1.82) is 0 Å². The second kappa shape index (κ2) is 9.14. The lowest BCUT2D eigenvalue weighted by Gasteiger charge is -2.62. The summed E-state index contributed by atoms with van der Waals surface area (Å²) in [5, 5.41) is 33.2. The van der Waals surface area contributed by atoms with Crippen molar-refractivity contribution in [2.45, 2.75) is 110 Å². The molecule has 4 fully saturated rings. The number of hydrogen-bond donors (Lipinski definition) is 4. The highest BCUT2D eigenvalue weighted by Crippen LogP contribution is 2.68. The molecule has 4 rings (SSSR count). The van der Waals surface area contributed by atoms with Crippen molar-refractivity contribution in [3.63, 3.8) is 0 Å². The molecule has 1 amide bonds. The van der Waals surface area contributed by atoms with Gasteiger partial charge in [-0.1, -0.05) is 20.8 Å². The van der Waals surface area contributed by atoms with Gasteiger partial charge in [0.25, 0.3) is 0 Å². The van der Waals surface area contributed by atoms with Gasteiger partial charge in [0, 0.05) is 6.42 Å². The van der Waals surface area contributed by atoms with Crippen LogP contribution >= 0.6 is 0 Å². The monoisotopic (exact) mass is 463 g/mol. The molecule has 0 aromatic rings. The van der Waals surface area contributed by atoms with Gasteiger partial charge in [0.15, 0.2) is 0 Å². The van der Waals surface area contributed by atoms with Crippen LogP contribution in [0.1, 0.15) is 91.9 Å². The third-order valence-electron chi connectivity index (χ3n) is 11.0. The van der Waals surface area contributed by atoms with Gasteiger partial charge in [-0.3, -0.25) is 9.59 Å². The van der Waals surface area contributed by atoms with E-state index >= 15 is 0 Å². The van der Waals surface area contributed by atoms with E-state index in [1.165, 1.54) is 13.3 Å². The minimum atomic E-state index is -1.01. The van der Waals surface area contributed by atoms with E-state index in [0.717, 1.165) is 51.4 Å². The zero-order valence-corrected chi connectivity index (χ0v) is 20.9. The molecular weight excluding hydrogens is 418 g/mol. The van der Waals surface area contributed by atoms with E-state index in [2.05, 4.69) is 26.1 Å². The first-order valence-corrected chi connectivity index (χ1v) is 13.4. The topological polar surface area (TPSA) is 107 Å². The van der Waals surface area contributed by atoms with Crippen molar-refractivity contribution in [2.75, 3.05) is 0 Å². The fourth-order valence-corrected chi connectivity index (χ4v) is 9.11. The number of hydrogen-bond acceptors (Lipinski definition) is 4. The smallest absolute Gasteiger partial charge is 0.325 e. The average molecular weight is 464 g/mol. The van der Waals surface area contributed by atoms with Crippen LogP contribution in [0.4, 0.5) is 0 Å². The SMILES string of the molecule is C[C@H](NC(=O)CC[C@@H](C)[C@H]1CC[C@H]2[C@@H]3[C@@H](O)C[C@@H]4C[C@H](O)CC[C@]4(C)[C@H]3CC[C@]12C)C(=O)O. The Balaban J connectivity index is 1.43. The Kier molecular flexibility index (Phi) is 6.92. The number of carbonyl (C=O) groups excluding carboxylic acids is 1. The van der Waals surface area contributed by atoms with Crippen LogP contribution in [-0.2, 0) is 9.59 Å². The molecule has 0 radical (unpaired) electrons. The maximum absolute atomic E-state index is 12.2. The molecule has 11 atom stereocenters. The van der Waals surface area contributed by atoms with E-state index in [4.69, 9.17) is 5.11 Å². The summed E-state index contributed by atoms with van der Waals surface area (Å²) in [6, 6.07) is -0.852. The molecule has 0 aromatic heterocycles. The zero-order valence-electron chi connectivity index (χ0n) is 20.9. The molecule has 33 heavy (non-hydrogen) atoms. The minimum Gasteiger partial charge on any atom is -0.480 e. The van der Waals surface area contributed by atoms with Gasteiger partial charge in [-0.2, -0.15) is 0 Å². The fraction of sp³-hybridized carbons (Fsp3) is 0.926. The Morgan fingerprint density at radius 1 is 0.970 bits per heavy atom. The number of amides is 1. The second-order valence-electron chi connectivity index (χ2n) is 12.6. The zero-order chi connectivity index (χ0) is 24.1. The normalized spacial score (nSPS) is 46.4. The summed E-state index contributed by atoms with van der Waals surface area (Å²) in [5.74, 6) is 1.63. The highest BCUT2D eigenvalue weighted by Gasteiger charge is 2.62. The third-order valence-corrected chi connectivity index (χ3v) is 11.0. The molecule has 0 unspecified atom stereocenters.